The second-order valence-electron chi connectivity index (χ2n) is 3.32. The average Bonchev–Trinajstić information content (AvgIpc) is 2.56. The van der Waals surface area contributed by atoms with Crippen LogP contribution in [0.15, 0.2) is 54.6 Å². The molecule has 17 heavy (non-hydrogen) atoms. The van der Waals surface area contributed by atoms with E-state index in [1.165, 1.54) is 21.5 Å². The summed E-state index contributed by atoms with van der Waals surface area (Å²) in [7, 11) is 0. The van der Waals surface area contributed by atoms with Crippen molar-refractivity contribution in [1.82, 2.24) is 0 Å². The van der Waals surface area contributed by atoms with Crippen molar-refractivity contribution in [1.29, 1.82) is 0 Å². The molecule has 86 valence electrons. The summed E-state index contributed by atoms with van der Waals surface area (Å²) >= 11 is 0. The molecule has 3 aromatic carbocycles. The molecule has 0 radical (unpaired) electrons. The standard InChI is InChI=1S/C13H9.3BrH.Ti/c1-3-7-12-10(5-1)9-11-6-2-4-8-13(11)12;;;;/h1-9H;3*1H;/q-1;;;;+4/p-3. The quantitative estimate of drug-likeness (QED) is 0.236. The molecule has 3 aromatic rings. The van der Waals surface area contributed by atoms with Crippen LogP contribution in [-0.4, -0.2) is 0 Å². The predicted octanol–water partition coefficient (Wildman–Crippen LogP) is -5.28. The summed E-state index contributed by atoms with van der Waals surface area (Å²) in [5.74, 6) is 0. The van der Waals surface area contributed by atoms with Crippen LogP contribution in [0.25, 0.3) is 21.5 Å². The van der Waals surface area contributed by atoms with Crippen LogP contribution in [0.4, 0.5) is 0 Å². The molecule has 0 amide bonds. The summed E-state index contributed by atoms with van der Waals surface area (Å²) in [4.78, 5) is 0. The first kappa shape index (κ1) is 19.8. The Bertz CT molecular complexity index is 524. The molecule has 0 N–H and O–H groups in total. The number of halogens is 3. The number of benzene rings is 2. The van der Waals surface area contributed by atoms with Crippen molar-refractivity contribution in [2.45, 2.75) is 0 Å². The molecule has 0 bridgehead atoms. The van der Waals surface area contributed by atoms with E-state index in [1.54, 1.807) is 0 Å². The minimum absolute atomic E-state index is 0. The van der Waals surface area contributed by atoms with E-state index < -0.39 is 0 Å². The van der Waals surface area contributed by atoms with Crippen LogP contribution in [-0.2, 0) is 21.7 Å². The summed E-state index contributed by atoms with van der Waals surface area (Å²) in [6.07, 6.45) is 0. The monoisotopic (exact) mass is 450 g/mol. The maximum absolute atomic E-state index is 2.24. The first-order chi connectivity index (χ1) is 6.45. The van der Waals surface area contributed by atoms with Gasteiger partial charge in [0.15, 0.2) is 0 Å². The molecule has 0 spiro atoms. The first-order valence-corrected chi connectivity index (χ1v) is 4.48. The Morgan fingerprint density at radius 1 is 0.588 bits per heavy atom. The second-order valence-corrected chi connectivity index (χ2v) is 3.32. The smallest absolute Gasteiger partial charge is 1.00 e. The minimum atomic E-state index is 0. The van der Waals surface area contributed by atoms with Gasteiger partial charge in [-0.05, 0) is 0 Å². The van der Waals surface area contributed by atoms with E-state index in [2.05, 4.69) is 54.6 Å². The fourth-order valence-electron chi connectivity index (χ4n) is 1.90. The molecular weight excluding hydrogens is 444 g/mol. The van der Waals surface area contributed by atoms with Gasteiger partial charge >= 0.3 is 21.7 Å². The molecule has 0 atom stereocenters. The molecular formula is C13H9Br3Ti. The predicted molar refractivity (Wildman–Crippen MR) is 57.0 cm³/mol. The van der Waals surface area contributed by atoms with Gasteiger partial charge in [0.2, 0.25) is 0 Å². The molecule has 0 nitrogen and oxygen atoms in total. The van der Waals surface area contributed by atoms with Crippen molar-refractivity contribution in [3.8, 4) is 0 Å². The molecule has 0 unspecified atom stereocenters. The van der Waals surface area contributed by atoms with Gasteiger partial charge in [-0.1, -0.05) is 36.4 Å². The second kappa shape index (κ2) is 8.55. The maximum atomic E-state index is 2.24. The molecule has 3 rings (SSSR count). The van der Waals surface area contributed by atoms with Crippen LogP contribution < -0.4 is 50.9 Å². The van der Waals surface area contributed by atoms with E-state index in [0.29, 0.717) is 0 Å². The Hall–Kier alpha value is 0.464. The zero-order valence-electron chi connectivity index (χ0n) is 8.83. The molecule has 0 aliphatic carbocycles. The summed E-state index contributed by atoms with van der Waals surface area (Å²) in [6, 6.07) is 19.3. The first-order valence-electron chi connectivity index (χ1n) is 4.48. The number of fused-ring (bicyclic) bond motifs is 3. The molecule has 0 saturated heterocycles. The van der Waals surface area contributed by atoms with Gasteiger partial charge in [-0.15, -0.1) is 39.7 Å². The normalized spacial score (nSPS) is 8.47. The minimum Gasteiger partial charge on any atom is -1.00 e. The zero-order valence-corrected chi connectivity index (χ0v) is 15.1. The fourth-order valence-corrected chi connectivity index (χ4v) is 1.90. The largest absolute Gasteiger partial charge is 4.00 e. The van der Waals surface area contributed by atoms with Gasteiger partial charge in [-0.2, -0.15) is 0 Å². The summed E-state index contributed by atoms with van der Waals surface area (Å²) in [5.41, 5.74) is 0. The molecule has 4 heteroatoms. The molecule has 0 aliphatic rings. The van der Waals surface area contributed by atoms with E-state index in [-0.39, 0.29) is 72.7 Å². The molecule has 0 aliphatic heterocycles. The van der Waals surface area contributed by atoms with Crippen molar-refractivity contribution in [3.05, 3.63) is 54.6 Å². The Morgan fingerprint density at radius 2 is 0.941 bits per heavy atom. The zero-order chi connectivity index (χ0) is 8.67. The van der Waals surface area contributed by atoms with Gasteiger partial charge in [0.25, 0.3) is 0 Å². The van der Waals surface area contributed by atoms with Gasteiger partial charge in [0.05, 0.1) is 0 Å². The van der Waals surface area contributed by atoms with E-state index in [4.69, 9.17) is 0 Å². The number of rotatable bonds is 0. The van der Waals surface area contributed by atoms with Crippen LogP contribution in [0.3, 0.4) is 0 Å². The van der Waals surface area contributed by atoms with E-state index in [1.807, 2.05) is 0 Å². The van der Waals surface area contributed by atoms with Crippen molar-refractivity contribution >= 4 is 21.5 Å². The molecule has 0 aromatic heterocycles. The van der Waals surface area contributed by atoms with Crippen LogP contribution >= 0.6 is 0 Å². The van der Waals surface area contributed by atoms with E-state index >= 15 is 0 Å². The van der Waals surface area contributed by atoms with Gasteiger partial charge in [-0.25, -0.2) is 0 Å². The third kappa shape index (κ3) is 3.71. The van der Waals surface area contributed by atoms with Crippen molar-refractivity contribution < 1.29 is 72.7 Å². The number of hydrogen-bond donors (Lipinski definition) is 0. The Morgan fingerprint density at radius 3 is 1.35 bits per heavy atom. The van der Waals surface area contributed by atoms with Crippen molar-refractivity contribution in [2.24, 2.45) is 0 Å². The molecule has 0 fully saturated rings. The molecule has 0 heterocycles. The number of hydrogen-bond acceptors (Lipinski definition) is 0. The van der Waals surface area contributed by atoms with Crippen LogP contribution in [0.1, 0.15) is 0 Å². The fraction of sp³-hybridized carbons (Fsp3) is 0. The molecule has 0 saturated carbocycles. The van der Waals surface area contributed by atoms with E-state index in [0.717, 1.165) is 0 Å². The van der Waals surface area contributed by atoms with Crippen molar-refractivity contribution in [3.63, 3.8) is 0 Å². The summed E-state index contributed by atoms with van der Waals surface area (Å²) in [5, 5.41) is 5.39. The summed E-state index contributed by atoms with van der Waals surface area (Å²) < 4.78 is 0. The SMILES string of the molecule is [Br-].[Br-].[Br-].[Ti+4].c1ccc2c(c1)[cH-]c1ccccc12. The average molecular weight is 453 g/mol. The maximum Gasteiger partial charge on any atom is 4.00 e. The van der Waals surface area contributed by atoms with Gasteiger partial charge in [-0.3, -0.25) is 0 Å². The van der Waals surface area contributed by atoms with Crippen LogP contribution in [0.2, 0.25) is 0 Å². The van der Waals surface area contributed by atoms with Gasteiger partial charge < -0.3 is 50.9 Å². The van der Waals surface area contributed by atoms with E-state index in [9.17, 15) is 0 Å². The van der Waals surface area contributed by atoms with Gasteiger partial charge in [0, 0.05) is 0 Å². The van der Waals surface area contributed by atoms with Gasteiger partial charge in [0.1, 0.15) is 0 Å². The van der Waals surface area contributed by atoms with Crippen LogP contribution in [0.5, 0.6) is 0 Å². The third-order valence-corrected chi connectivity index (χ3v) is 2.52. The topological polar surface area (TPSA) is 0 Å². The Kier molecular flexibility index (Phi) is 9.95. The van der Waals surface area contributed by atoms with Crippen LogP contribution in [0, 0.1) is 0 Å². The Balaban J connectivity index is 0. The Labute approximate surface area is 147 Å². The summed E-state index contributed by atoms with van der Waals surface area (Å²) in [6.45, 7) is 0. The van der Waals surface area contributed by atoms with Crippen molar-refractivity contribution in [2.75, 3.05) is 0 Å². The third-order valence-electron chi connectivity index (χ3n) is 2.52.